The molecule has 1 atom stereocenters. The summed E-state index contributed by atoms with van der Waals surface area (Å²) in [6, 6.07) is 19.4. The van der Waals surface area contributed by atoms with Crippen LogP contribution in [0.4, 0.5) is 4.79 Å². The van der Waals surface area contributed by atoms with Gasteiger partial charge in [-0.05, 0) is 40.5 Å². The number of methoxy groups -OCH3 is 2. The number of carbonyl (C=O) groups excluding carboxylic acids is 1. The molecule has 1 aliphatic rings. The van der Waals surface area contributed by atoms with E-state index in [9.17, 15) is 14.7 Å². The number of nitrogens with one attached hydrogen (secondary N) is 1. The average Bonchev–Trinajstić information content (AvgIpc) is 3.14. The van der Waals surface area contributed by atoms with Gasteiger partial charge in [0.2, 0.25) is 0 Å². The van der Waals surface area contributed by atoms with Gasteiger partial charge in [0.1, 0.15) is 18.1 Å². The van der Waals surface area contributed by atoms with Crippen LogP contribution in [0.2, 0.25) is 0 Å². The summed E-state index contributed by atoms with van der Waals surface area (Å²) >= 11 is 0. The molecule has 0 aromatic heterocycles. The van der Waals surface area contributed by atoms with Crippen LogP contribution in [0.5, 0.6) is 11.5 Å². The highest BCUT2D eigenvalue weighted by atomic mass is 16.5. The molecule has 1 amide bonds. The molecule has 0 radical (unpaired) electrons. The molecule has 32 heavy (non-hydrogen) atoms. The van der Waals surface area contributed by atoms with Crippen LogP contribution >= 0.6 is 0 Å². The van der Waals surface area contributed by atoms with Crippen molar-refractivity contribution in [2.75, 3.05) is 20.8 Å². The standard InChI is InChI=1S/C25H23NO6/c1-30-15-11-12-22(31-2)20(13-15)23(24(27)28)26-25(29)32-14-21-18-9-5-3-7-16(18)17-8-4-6-10-19(17)21/h3-13,21,23H,14H2,1-2H3,(H,26,29)(H,27,28). The summed E-state index contributed by atoms with van der Waals surface area (Å²) in [6.07, 6.45) is -0.830. The minimum absolute atomic E-state index is 0.0848. The molecule has 0 saturated carbocycles. The largest absolute Gasteiger partial charge is 0.497 e. The Morgan fingerprint density at radius 3 is 2.12 bits per heavy atom. The van der Waals surface area contributed by atoms with Crippen molar-refractivity contribution in [3.63, 3.8) is 0 Å². The number of carboxylic acids is 1. The SMILES string of the molecule is COc1ccc(OC)c(C(NC(=O)OCC2c3ccccc3-c3ccccc32)C(=O)O)c1. The molecule has 0 fully saturated rings. The van der Waals surface area contributed by atoms with Crippen molar-refractivity contribution >= 4 is 12.1 Å². The number of benzene rings is 3. The van der Waals surface area contributed by atoms with Gasteiger partial charge in [-0.2, -0.15) is 0 Å². The van der Waals surface area contributed by atoms with E-state index in [1.54, 1.807) is 12.1 Å². The fraction of sp³-hybridized carbons (Fsp3) is 0.200. The van der Waals surface area contributed by atoms with Gasteiger partial charge in [0.05, 0.1) is 14.2 Å². The maximum absolute atomic E-state index is 12.6. The monoisotopic (exact) mass is 433 g/mol. The molecular formula is C25H23NO6. The average molecular weight is 433 g/mol. The first-order valence-corrected chi connectivity index (χ1v) is 10.1. The Hall–Kier alpha value is -4.00. The summed E-state index contributed by atoms with van der Waals surface area (Å²) in [6.45, 7) is 0.0848. The zero-order valence-corrected chi connectivity index (χ0v) is 17.7. The van der Waals surface area contributed by atoms with E-state index in [0.717, 1.165) is 22.3 Å². The van der Waals surface area contributed by atoms with Crippen LogP contribution in [0.25, 0.3) is 11.1 Å². The third kappa shape index (κ3) is 3.97. The van der Waals surface area contributed by atoms with E-state index in [0.29, 0.717) is 11.5 Å². The van der Waals surface area contributed by atoms with Gasteiger partial charge in [-0.25, -0.2) is 9.59 Å². The van der Waals surface area contributed by atoms with Crippen LogP contribution in [0.1, 0.15) is 28.7 Å². The van der Waals surface area contributed by atoms with Gasteiger partial charge < -0.3 is 24.6 Å². The van der Waals surface area contributed by atoms with E-state index in [-0.39, 0.29) is 18.1 Å². The molecule has 3 aromatic rings. The second-order valence-electron chi connectivity index (χ2n) is 7.35. The number of ether oxygens (including phenoxy) is 3. The highest BCUT2D eigenvalue weighted by Crippen LogP contribution is 2.44. The van der Waals surface area contributed by atoms with Gasteiger partial charge in [-0.1, -0.05) is 48.5 Å². The molecule has 7 nitrogen and oxygen atoms in total. The Kier molecular flexibility index (Phi) is 5.98. The molecule has 4 rings (SSSR count). The maximum atomic E-state index is 12.6. The van der Waals surface area contributed by atoms with Crippen molar-refractivity contribution < 1.29 is 28.9 Å². The van der Waals surface area contributed by atoms with Gasteiger partial charge in [0.25, 0.3) is 0 Å². The van der Waals surface area contributed by atoms with Crippen LogP contribution < -0.4 is 14.8 Å². The summed E-state index contributed by atoms with van der Waals surface area (Å²) in [4.78, 5) is 24.5. The Bertz CT molecular complexity index is 1110. The van der Waals surface area contributed by atoms with Crippen molar-refractivity contribution in [3.8, 4) is 22.6 Å². The Morgan fingerprint density at radius 2 is 1.56 bits per heavy atom. The molecular weight excluding hydrogens is 410 g/mol. The Balaban J connectivity index is 1.52. The molecule has 1 unspecified atom stereocenters. The van der Waals surface area contributed by atoms with Gasteiger partial charge in [0.15, 0.2) is 6.04 Å². The second-order valence-corrected chi connectivity index (χ2v) is 7.35. The number of fused-ring (bicyclic) bond motifs is 3. The number of carbonyl (C=O) groups is 2. The second kappa shape index (κ2) is 9.01. The number of hydrogen-bond acceptors (Lipinski definition) is 5. The summed E-state index contributed by atoms with van der Waals surface area (Å²) < 4.78 is 15.9. The fourth-order valence-electron chi connectivity index (χ4n) is 4.10. The van der Waals surface area contributed by atoms with Crippen LogP contribution in [-0.4, -0.2) is 38.0 Å². The first kappa shape index (κ1) is 21.2. The van der Waals surface area contributed by atoms with Gasteiger partial charge >= 0.3 is 12.1 Å². The molecule has 7 heteroatoms. The molecule has 2 N–H and O–H groups in total. The zero-order valence-electron chi connectivity index (χ0n) is 17.7. The first-order chi connectivity index (χ1) is 15.5. The van der Waals surface area contributed by atoms with Crippen LogP contribution in [0, 0.1) is 0 Å². The highest BCUT2D eigenvalue weighted by molar-refractivity contribution is 5.83. The third-order valence-corrected chi connectivity index (χ3v) is 5.60. The van der Waals surface area contributed by atoms with Crippen LogP contribution in [-0.2, 0) is 9.53 Å². The van der Waals surface area contributed by atoms with E-state index in [2.05, 4.69) is 5.32 Å². The lowest BCUT2D eigenvalue weighted by molar-refractivity contribution is -0.139. The number of alkyl carbamates (subject to hydrolysis) is 1. The maximum Gasteiger partial charge on any atom is 0.408 e. The molecule has 0 bridgehead atoms. The molecule has 0 aliphatic heterocycles. The van der Waals surface area contributed by atoms with Crippen LogP contribution in [0.3, 0.4) is 0 Å². The van der Waals surface area contributed by atoms with Crippen molar-refractivity contribution in [1.82, 2.24) is 5.32 Å². The molecule has 0 saturated heterocycles. The Labute approximate surface area is 185 Å². The summed E-state index contributed by atoms with van der Waals surface area (Å²) in [7, 11) is 2.90. The molecule has 1 aliphatic carbocycles. The molecule has 0 spiro atoms. The normalized spacial score (nSPS) is 12.9. The highest BCUT2D eigenvalue weighted by Gasteiger charge is 2.31. The van der Waals surface area contributed by atoms with E-state index in [1.807, 2.05) is 48.5 Å². The van der Waals surface area contributed by atoms with Gasteiger partial charge in [-0.15, -0.1) is 0 Å². The van der Waals surface area contributed by atoms with Crippen molar-refractivity contribution in [1.29, 1.82) is 0 Å². The van der Waals surface area contributed by atoms with Gasteiger partial charge in [0, 0.05) is 11.5 Å². The number of rotatable bonds is 7. The summed E-state index contributed by atoms with van der Waals surface area (Å²) in [5.74, 6) is -0.605. The first-order valence-electron chi connectivity index (χ1n) is 10.1. The number of hydrogen-bond donors (Lipinski definition) is 2. The predicted octanol–water partition coefficient (Wildman–Crippen LogP) is 4.37. The van der Waals surface area contributed by atoms with Crippen LogP contribution in [0.15, 0.2) is 66.7 Å². The lowest BCUT2D eigenvalue weighted by atomic mass is 9.98. The summed E-state index contributed by atoms with van der Waals surface area (Å²) in [5.41, 5.74) is 4.63. The smallest absolute Gasteiger partial charge is 0.408 e. The minimum Gasteiger partial charge on any atom is -0.497 e. The predicted molar refractivity (Wildman–Crippen MR) is 118 cm³/mol. The quantitative estimate of drug-likeness (QED) is 0.575. The van der Waals surface area contributed by atoms with E-state index >= 15 is 0 Å². The number of carboxylic acid groups (broad SMARTS) is 1. The van der Waals surface area contributed by atoms with E-state index < -0.39 is 18.1 Å². The molecule has 0 heterocycles. The van der Waals surface area contributed by atoms with Crippen molar-refractivity contribution in [2.24, 2.45) is 0 Å². The lowest BCUT2D eigenvalue weighted by Crippen LogP contribution is -2.35. The lowest BCUT2D eigenvalue weighted by Gasteiger charge is -2.19. The zero-order chi connectivity index (χ0) is 22.7. The Morgan fingerprint density at radius 1 is 0.938 bits per heavy atom. The number of amides is 1. The number of aliphatic carboxylic acids is 1. The van der Waals surface area contributed by atoms with Crippen molar-refractivity contribution in [2.45, 2.75) is 12.0 Å². The molecule has 164 valence electrons. The topological polar surface area (TPSA) is 94.1 Å². The minimum atomic E-state index is -1.37. The third-order valence-electron chi connectivity index (χ3n) is 5.60. The van der Waals surface area contributed by atoms with Gasteiger partial charge in [-0.3, -0.25) is 0 Å². The fourth-order valence-corrected chi connectivity index (χ4v) is 4.10. The van der Waals surface area contributed by atoms with E-state index in [1.165, 1.54) is 20.3 Å². The molecule has 3 aromatic carbocycles. The van der Waals surface area contributed by atoms with Crippen molar-refractivity contribution in [3.05, 3.63) is 83.4 Å². The van der Waals surface area contributed by atoms with E-state index in [4.69, 9.17) is 14.2 Å². The summed E-state index contributed by atoms with van der Waals surface area (Å²) in [5, 5.41) is 12.2.